The Hall–Kier alpha value is -1.36. The Morgan fingerprint density at radius 1 is 1.19 bits per heavy atom. The normalized spacial score (nSPS) is 14.3. The molecule has 0 saturated carbocycles. The van der Waals surface area contributed by atoms with Gasteiger partial charge >= 0.3 is 0 Å². The van der Waals surface area contributed by atoms with Crippen LogP contribution in [0.4, 0.5) is 9.52 Å². The van der Waals surface area contributed by atoms with E-state index in [0.717, 1.165) is 53.1 Å². The van der Waals surface area contributed by atoms with Gasteiger partial charge in [-0.05, 0) is 48.7 Å². The summed E-state index contributed by atoms with van der Waals surface area (Å²) >= 11 is 4.66. The third-order valence-electron chi connectivity index (χ3n) is 5.04. The molecule has 1 amide bonds. The number of halogens is 2. The van der Waals surface area contributed by atoms with Crippen molar-refractivity contribution in [2.24, 2.45) is 0 Å². The van der Waals surface area contributed by atoms with Crippen molar-refractivity contribution in [2.75, 3.05) is 56.3 Å². The molecule has 1 saturated heterocycles. The van der Waals surface area contributed by atoms with Crippen LogP contribution in [0.1, 0.15) is 0 Å². The molecule has 172 valence electrons. The van der Waals surface area contributed by atoms with E-state index in [9.17, 15) is 9.18 Å². The van der Waals surface area contributed by atoms with Crippen LogP contribution in [0.5, 0.6) is 0 Å². The molecule has 0 unspecified atom stereocenters. The maximum Gasteiger partial charge on any atom is 0.239 e. The van der Waals surface area contributed by atoms with Gasteiger partial charge in [-0.1, -0.05) is 11.3 Å². The first-order valence-electron chi connectivity index (χ1n) is 10.1. The number of hydrogen-bond donors (Lipinski definition) is 0. The maximum atomic E-state index is 13.2. The fourth-order valence-corrected chi connectivity index (χ4v) is 5.62. The predicted octanol–water partition coefficient (Wildman–Crippen LogP) is 5.04. The van der Waals surface area contributed by atoms with E-state index in [1.807, 2.05) is 12.3 Å². The molecule has 5 nitrogen and oxygen atoms in total. The summed E-state index contributed by atoms with van der Waals surface area (Å²) in [5, 5.41) is 0.728. The minimum atomic E-state index is -0.276. The van der Waals surface area contributed by atoms with Crippen LogP contribution < -0.4 is 4.90 Å². The highest BCUT2D eigenvalue weighted by atomic mass is 35.5. The molecule has 0 spiro atoms. The van der Waals surface area contributed by atoms with Crippen molar-refractivity contribution in [2.45, 2.75) is 9.79 Å². The van der Waals surface area contributed by atoms with Crippen LogP contribution in [0.3, 0.4) is 0 Å². The molecule has 0 radical (unpaired) electrons. The number of ether oxygens (including phenoxy) is 1. The first-order chi connectivity index (χ1) is 15.1. The molecule has 10 heteroatoms. The summed E-state index contributed by atoms with van der Waals surface area (Å²) in [5.74, 6) is 0.00872. The van der Waals surface area contributed by atoms with Gasteiger partial charge in [0, 0.05) is 36.0 Å². The van der Waals surface area contributed by atoms with Crippen molar-refractivity contribution >= 4 is 68.5 Å². The monoisotopic (exact) mass is 513 g/mol. The van der Waals surface area contributed by atoms with Crippen LogP contribution in [0.15, 0.2) is 52.3 Å². The lowest BCUT2D eigenvalue weighted by molar-refractivity contribution is -0.116. The van der Waals surface area contributed by atoms with Crippen molar-refractivity contribution in [1.82, 2.24) is 9.88 Å². The van der Waals surface area contributed by atoms with Crippen LogP contribution in [0.2, 0.25) is 0 Å². The SMILES string of the molecule is CSc1ccc2nc(N(CCN3CCOCC3)C(=O)CSc3ccc(F)cc3)sc2c1.Cl. The first-order valence-corrected chi connectivity index (χ1v) is 13.1. The van der Waals surface area contributed by atoms with Crippen molar-refractivity contribution in [3.8, 4) is 0 Å². The van der Waals surface area contributed by atoms with Gasteiger partial charge in [0.1, 0.15) is 5.82 Å². The first kappa shape index (κ1) is 25.3. The van der Waals surface area contributed by atoms with E-state index >= 15 is 0 Å². The summed E-state index contributed by atoms with van der Waals surface area (Å²) in [4.78, 5) is 24.1. The van der Waals surface area contributed by atoms with Gasteiger partial charge in [-0.3, -0.25) is 14.6 Å². The molecule has 1 aliphatic heterocycles. The number of amides is 1. The average Bonchev–Trinajstić information content (AvgIpc) is 3.22. The predicted molar refractivity (Wildman–Crippen MR) is 135 cm³/mol. The highest BCUT2D eigenvalue weighted by Crippen LogP contribution is 2.32. The fourth-order valence-electron chi connectivity index (χ4n) is 3.28. The number of thiazole rings is 1. The molecular formula is C22H25ClFN3O2S3. The molecule has 2 heterocycles. The fraction of sp³-hybridized carbons (Fsp3) is 0.364. The Labute approximate surface area is 206 Å². The summed E-state index contributed by atoms with van der Waals surface area (Å²) in [5.41, 5.74) is 0.910. The number of carbonyl (C=O) groups excluding carboxylic acids is 1. The maximum absolute atomic E-state index is 13.2. The van der Waals surface area contributed by atoms with Crippen LogP contribution in [-0.2, 0) is 9.53 Å². The number of morpholine rings is 1. The molecular weight excluding hydrogens is 489 g/mol. The van der Waals surface area contributed by atoms with E-state index in [-0.39, 0.29) is 29.9 Å². The van der Waals surface area contributed by atoms with Crippen molar-refractivity contribution in [1.29, 1.82) is 0 Å². The molecule has 3 aromatic rings. The second kappa shape index (κ2) is 12.2. The van der Waals surface area contributed by atoms with E-state index in [2.05, 4.69) is 17.0 Å². The third-order valence-corrected chi connectivity index (χ3v) is 7.80. The van der Waals surface area contributed by atoms with Crippen LogP contribution in [0, 0.1) is 5.82 Å². The minimum absolute atomic E-state index is 0. The number of fused-ring (bicyclic) bond motifs is 1. The zero-order valence-electron chi connectivity index (χ0n) is 17.7. The van der Waals surface area contributed by atoms with Crippen LogP contribution in [0.25, 0.3) is 10.2 Å². The van der Waals surface area contributed by atoms with Crippen LogP contribution >= 0.6 is 47.3 Å². The van der Waals surface area contributed by atoms with Gasteiger partial charge in [-0.15, -0.1) is 35.9 Å². The van der Waals surface area contributed by atoms with Crippen molar-refractivity contribution in [3.05, 3.63) is 48.3 Å². The smallest absolute Gasteiger partial charge is 0.239 e. The lowest BCUT2D eigenvalue weighted by Gasteiger charge is -2.29. The van der Waals surface area contributed by atoms with E-state index in [1.165, 1.54) is 28.8 Å². The topological polar surface area (TPSA) is 45.7 Å². The van der Waals surface area contributed by atoms with Gasteiger partial charge in [0.2, 0.25) is 5.91 Å². The molecule has 4 rings (SSSR count). The number of benzene rings is 2. The van der Waals surface area contributed by atoms with Gasteiger partial charge < -0.3 is 4.74 Å². The summed E-state index contributed by atoms with van der Waals surface area (Å²) in [6.45, 7) is 4.58. The molecule has 1 aromatic heterocycles. The summed E-state index contributed by atoms with van der Waals surface area (Å²) in [6, 6.07) is 12.4. The molecule has 1 fully saturated rings. The number of nitrogens with zero attached hydrogens (tertiary/aromatic N) is 3. The quantitative estimate of drug-likeness (QED) is 0.393. The van der Waals surface area contributed by atoms with Gasteiger partial charge in [0.15, 0.2) is 5.13 Å². The summed E-state index contributed by atoms with van der Waals surface area (Å²) in [7, 11) is 0. The van der Waals surface area contributed by atoms with Gasteiger partial charge in [-0.25, -0.2) is 9.37 Å². The second-order valence-corrected chi connectivity index (χ2v) is 10.0. The highest BCUT2D eigenvalue weighted by molar-refractivity contribution is 8.00. The average molecular weight is 514 g/mol. The largest absolute Gasteiger partial charge is 0.379 e. The van der Waals surface area contributed by atoms with Crippen LogP contribution in [-0.4, -0.2) is 67.2 Å². The Bertz CT molecular complexity index is 1030. The number of anilines is 1. The lowest BCUT2D eigenvalue weighted by Crippen LogP contribution is -2.43. The Balaban J connectivity index is 0.00000289. The van der Waals surface area contributed by atoms with Gasteiger partial charge in [0.25, 0.3) is 0 Å². The summed E-state index contributed by atoms with van der Waals surface area (Å²) in [6.07, 6.45) is 2.05. The zero-order chi connectivity index (χ0) is 21.6. The van der Waals surface area contributed by atoms with Crippen molar-refractivity contribution in [3.63, 3.8) is 0 Å². The Morgan fingerprint density at radius 2 is 1.91 bits per heavy atom. The van der Waals surface area contributed by atoms with Gasteiger partial charge in [0.05, 0.1) is 29.2 Å². The molecule has 0 N–H and O–H groups in total. The number of carbonyl (C=O) groups is 1. The molecule has 0 bridgehead atoms. The second-order valence-electron chi connectivity index (χ2n) is 7.07. The van der Waals surface area contributed by atoms with E-state index in [0.29, 0.717) is 6.54 Å². The molecule has 1 aliphatic rings. The third kappa shape index (κ3) is 6.59. The Morgan fingerprint density at radius 3 is 2.62 bits per heavy atom. The number of aromatic nitrogens is 1. The minimum Gasteiger partial charge on any atom is -0.379 e. The van der Waals surface area contributed by atoms with Crippen molar-refractivity contribution < 1.29 is 13.9 Å². The van der Waals surface area contributed by atoms with E-state index in [1.54, 1.807) is 40.1 Å². The number of rotatable bonds is 8. The molecule has 0 aliphatic carbocycles. The number of thioether (sulfide) groups is 2. The Kier molecular flexibility index (Phi) is 9.63. The lowest BCUT2D eigenvalue weighted by atomic mass is 10.3. The van der Waals surface area contributed by atoms with Gasteiger partial charge in [-0.2, -0.15) is 0 Å². The standard InChI is InChI=1S/C22H24FN3O2S3.ClH/c1-29-18-6-7-19-20(14-18)31-22(24-19)26(9-8-25-10-12-28-13-11-25)21(27)15-30-17-4-2-16(23)3-5-17;/h2-7,14H,8-13,15H2,1H3;1H. The van der Waals surface area contributed by atoms with E-state index in [4.69, 9.17) is 9.72 Å². The molecule has 0 atom stereocenters. The zero-order valence-corrected chi connectivity index (χ0v) is 20.9. The van der Waals surface area contributed by atoms with E-state index < -0.39 is 0 Å². The molecule has 2 aromatic carbocycles. The summed E-state index contributed by atoms with van der Waals surface area (Å²) < 4.78 is 19.7. The number of hydrogen-bond acceptors (Lipinski definition) is 7. The highest BCUT2D eigenvalue weighted by Gasteiger charge is 2.22. The molecule has 32 heavy (non-hydrogen) atoms.